The second-order valence-electron chi connectivity index (χ2n) is 6.48. The Hall–Kier alpha value is -3.53. The Labute approximate surface area is 155 Å². The molecule has 0 fully saturated rings. The van der Waals surface area contributed by atoms with Gasteiger partial charge in [0.05, 0.1) is 0 Å². The number of phenolic OH excluding ortho intramolecular Hbond substituents is 2. The highest BCUT2D eigenvalue weighted by Crippen LogP contribution is 2.42. The van der Waals surface area contributed by atoms with Crippen LogP contribution >= 0.6 is 0 Å². The largest absolute Gasteiger partial charge is 0.508 e. The number of hydrogen-bond donors (Lipinski definition) is 2. The molecule has 0 saturated heterocycles. The van der Waals surface area contributed by atoms with Gasteiger partial charge in [-0.2, -0.15) is 0 Å². The van der Waals surface area contributed by atoms with Crippen LogP contribution in [-0.2, 0) is 0 Å². The first kappa shape index (κ1) is 16.9. The SMILES string of the molecule is C=C(c1ccc(F)cc1)c1c(-c2ccc(O)cc2)oc2c(C)cc(O)cc12. The van der Waals surface area contributed by atoms with E-state index >= 15 is 0 Å². The average Bonchev–Trinajstić information content (AvgIpc) is 3.02. The maximum Gasteiger partial charge on any atom is 0.143 e. The van der Waals surface area contributed by atoms with Gasteiger partial charge in [0.15, 0.2) is 0 Å². The molecule has 0 aliphatic rings. The van der Waals surface area contributed by atoms with Crippen LogP contribution in [0.2, 0.25) is 0 Å². The molecule has 4 heteroatoms. The summed E-state index contributed by atoms with van der Waals surface area (Å²) in [6.45, 7) is 6.05. The summed E-state index contributed by atoms with van der Waals surface area (Å²) >= 11 is 0. The summed E-state index contributed by atoms with van der Waals surface area (Å²) in [6, 6.07) is 16.0. The number of furan rings is 1. The lowest BCUT2D eigenvalue weighted by Crippen LogP contribution is -1.89. The zero-order valence-corrected chi connectivity index (χ0v) is 14.7. The molecule has 0 amide bonds. The third-order valence-corrected chi connectivity index (χ3v) is 4.58. The van der Waals surface area contributed by atoms with Crippen molar-refractivity contribution in [2.75, 3.05) is 0 Å². The molecule has 2 N–H and O–H groups in total. The summed E-state index contributed by atoms with van der Waals surface area (Å²) in [5, 5.41) is 20.4. The van der Waals surface area contributed by atoms with Crippen molar-refractivity contribution in [3.8, 4) is 22.8 Å². The molecule has 1 aromatic heterocycles. The maximum absolute atomic E-state index is 13.3. The number of fused-ring (bicyclic) bond motifs is 1. The molecule has 27 heavy (non-hydrogen) atoms. The van der Waals surface area contributed by atoms with Gasteiger partial charge in [-0.1, -0.05) is 18.7 Å². The van der Waals surface area contributed by atoms with Crippen molar-refractivity contribution in [1.82, 2.24) is 0 Å². The third kappa shape index (κ3) is 2.95. The van der Waals surface area contributed by atoms with Crippen LogP contribution in [0.5, 0.6) is 11.5 Å². The van der Waals surface area contributed by atoms with E-state index in [2.05, 4.69) is 6.58 Å². The third-order valence-electron chi connectivity index (χ3n) is 4.58. The number of hydrogen-bond acceptors (Lipinski definition) is 3. The van der Waals surface area contributed by atoms with E-state index in [1.54, 1.807) is 48.5 Å². The minimum atomic E-state index is -0.323. The molecular formula is C23H17FO3. The van der Waals surface area contributed by atoms with Crippen LogP contribution in [0.4, 0.5) is 4.39 Å². The van der Waals surface area contributed by atoms with E-state index in [1.165, 1.54) is 12.1 Å². The lowest BCUT2D eigenvalue weighted by atomic mass is 9.94. The normalized spacial score (nSPS) is 11.0. The Kier molecular flexibility index (Phi) is 3.96. The van der Waals surface area contributed by atoms with Gasteiger partial charge in [-0.25, -0.2) is 4.39 Å². The van der Waals surface area contributed by atoms with Gasteiger partial charge < -0.3 is 14.6 Å². The van der Waals surface area contributed by atoms with Gasteiger partial charge >= 0.3 is 0 Å². The predicted octanol–water partition coefficient (Wildman–Crippen LogP) is 6.02. The minimum Gasteiger partial charge on any atom is -0.508 e. The molecule has 0 spiro atoms. The molecule has 134 valence electrons. The van der Waals surface area contributed by atoms with Gasteiger partial charge in [-0.3, -0.25) is 0 Å². The summed E-state index contributed by atoms with van der Waals surface area (Å²) in [7, 11) is 0. The van der Waals surface area contributed by atoms with Crippen LogP contribution in [0.3, 0.4) is 0 Å². The van der Waals surface area contributed by atoms with Crippen LogP contribution in [0.25, 0.3) is 27.9 Å². The van der Waals surface area contributed by atoms with Crippen molar-refractivity contribution < 1.29 is 19.0 Å². The van der Waals surface area contributed by atoms with Gasteiger partial charge in [0.25, 0.3) is 0 Å². The molecule has 4 aromatic rings. The Morgan fingerprint density at radius 1 is 0.926 bits per heavy atom. The van der Waals surface area contributed by atoms with E-state index in [0.717, 1.165) is 27.6 Å². The smallest absolute Gasteiger partial charge is 0.143 e. The molecule has 0 aliphatic heterocycles. The Bertz CT molecular complexity index is 1150. The maximum atomic E-state index is 13.3. The van der Waals surface area contributed by atoms with Crippen LogP contribution < -0.4 is 0 Å². The van der Waals surface area contributed by atoms with E-state index in [1.807, 2.05) is 6.92 Å². The number of aryl methyl sites for hydroxylation is 1. The van der Waals surface area contributed by atoms with Gasteiger partial charge in [0, 0.05) is 16.5 Å². The topological polar surface area (TPSA) is 53.6 Å². The molecule has 0 unspecified atom stereocenters. The first-order valence-electron chi connectivity index (χ1n) is 8.45. The van der Waals surface area contributed by atoms with E-state index in [9.17, 15) is 14.6 Å². The lowest BCUT2D eigenvalue weighted by Gasteiger charge is -2.08. The van der Waals surface area contributed by atoms with Gasteiger partial charge in [-0.15, -0.1) is 0 Å². The zero-order valence-electron chi connectivity index (χ0n) is 14.7. The second-order valence-corrected chi connectivity index (χ2v) is 6.48. The molecule has 0 radical (unpaired) electrons. The van der Waals surface area contributed by atoms with Crippen LogP contribution in [-0.4, -0.2) is 10.2 Å². The number of rotatable bonds is 3. The molecule has 0 atom stereocenters. The first-order valence-corrected chi connectivity index (χ1v) is 8.45. The lowest BCUT2D eigenvalue weighted by molar-refractivity contribution is 0.474. The summed E-state index contributed by atoms with van der Waals surface area (Å²) in [4.78, 5) is 0. The van der Waals surface area contributed by atoms with Gasteiger partial charge in [-0.05, 0) is 72.2 Å². The van der Waals surface area contributed by atoms with E-state index in [-0.39, 0.29) is 17.3 Å². The summed E-state index contributed by atoms with van der Waals surface area (Å²) < 4.78 is 19.5. The second kappa shape index (κ2) is 6.32. The van der Waals surface area contributed by atoms with Crippen LogP contribution in [0, 0.1) is 12.7 Å². The van der Waals surface area contributed by atoms with Crippen molar-refractivity contribution >= 4 is 16.5 Å². The van der Waals surface area contributed by atoms with Crippen molar-refractivity contribution in [3.05, 3.63) is 89.8 Å². The highest BCUT2D eigenvalue weighted by molar-refractivity contribution is 6.02. The van der Waals surface area contributed by atoms with Crippen LogP contribution in [0.1, 0.15) is 16.7 Å². The number of aromatic hydroxyl groups is 2. The highest BCUT2D eigenvalue weighted by Gasteiger charge is 2.21. The molecular weight excluding hydrogens is 343 g/mol. The van der Waals surface area contributed by atoms with Gasteiger partial charge in [0.2, 0.25) is 0 Å². The molecule has 0 saturated carbocycles. The highest BCUT2D eigenvalue weighted by atomic mass is 19.1. The van der Waals surface area contributed by atoms with E-state index in [4.69, 9.17) is 4.42 Å². The van der Waals surface area contributed by atoms with Gasteiger partial charge in [0.1, 0.15) is 28.7 Å². The molecule has 4 rings (SSSR count). The molecule has 3 nitrogen and oxygen atoms in total. The summed E-state index contributed by atoms with van der Waals surface area (Å²) in [6.07, 6.45) is 0. The quantitative estimate of drug-likeness (QED) is 0.470. The number of benzene rings is 3. The van der Waals surface area contributed by atoms with E-state index < -0.39 is 0 Å². The van der Waals surface area contributed by atoms with Crippen molar-refractivity contribution in [2.24, 2.45) is 0 Å². The van der Waals surface area contributed by atoms with Crippen molar-refractivity contribution in [1.29, 1.82) is 0 Å². The fraction of sp³-hybridized carbons (Fsp3) is 0.0435. The Morgan fingerprint density at radius 3 is 2.26 bits per heavy atom. The standard InChI is InChI=1S/C23H17FO3/c1-13-11-19(26)12-20-21(14(2)15-3-7-17(24)8-4-15)23(27-22(13)20)16-5-9-18(25)10-6-16/h3-12,25-26H,2H2,1H3. The van der Waals surface area contributed by atoms with Crippen molar-refractivity contribution in [2.45, 2.75) is 6.92 Å². The van der Waals surface area contributed by atoms with Crippen LogP contribution in [0.15, 0.2) is 71.7 Å². The average molecular weight is 360 g/mol. The Morgan fingerprint density at radius 2 is 1.59 bits per heavy atom. The Balaban J connectivity index is 2.01. The fourth-order valence-corrected chi connectivity index (χ4v) is 3.26. The zero-order chi connectivity index (χ0) is 19.1. The monoisotopic (exact) mass is 360 g/mol. The molecule has 1 heterocycles. The predicted molar refractivity (Wildman–Crippen MR) is 104 cm³/mol. The minimum absolute atomic E-state index is 0.131. The molecule has 0 aliphatic carbocycles. The number of halogens is 1. The van der Waals surface area contributed by atoms with E-state index in [0.29, 0.717) is 16.9 Å². The van der Waals surface area contributed by atoms with Crippen molar-refractivity contribution in [3.63, 3.8) is 0 Å². The summed E-state index contributed by atoms with van der Waals surface area (Å²) in [5.41, 5.74) is 4.33. The molecule has 0 bridgehead atoms. The molecule has 3 aromatic carbocycles. The fourth-order valence-electron chi connectivity index (χ4n) is 3.26. The number of phenols is 2. The first-order chi connectivity index (χ1) is 12.9. The summed E-state index contributed by atoms with van der Waals surface area (Å²) in [5.74, 6) is 0.540.